The van der Waals surface area contributed by atoms with Crippen molar-refractivity contribution in [1.29, 1.82) is 0 Å². The van der Waals surface area contributed by atoms with E-state index in [2.05, 4.69) is 26.0 Å². The zero-order valence-electron chi connectivity index (χ0n) is 20.9. The first-order valence-corrected chi connectivity index (χ1v) is 13.0. The van der Waals surface area contributed by atoms with Gasteiger partial charge in [0.25, 0.3) is 5.91 Å². The highest BCUT2D eigenvalue weighted by atomic mass is 35.5. The number of para-hydroxylation sites is 1. The van der Waals surface area contributed by atoms with Crippen molar-refractivity contribution in [3.63, 3.8) is 0 Å². The predicted molar refractivity (Wildman–Crippen MR) is 152 cm³/mol. The van der Waals surface area contributed by atoms with Crippen molar-refractivity contribution < 1.29 is 4.79 Å². The van der Waals surface area contributed by atoms with Crippen LogP contribution in [0.15, 0.2) is 83.1 Å². The van der Waals surface area contributed by atoms with Crippen LogP contribution in [-0.2, 0) is 11.3 Å². The number of hydrazone groups is 1. The molecule has 2 N–H and O–H groups in total. The summed E-state index contributed by atoms with van der Waals surface area (Å²) in [6.45, 7) is 2.45. The van der Waals surface area contributed by atoms with E-state index < -0.39 is 0 Å². The van der Waals surface area contributed by atoms with E-state index in [1.165, 1.54) is 11.8 Å². The van der Waals surface area contributed by atoms with Crippen LogP contribution in [0.4, 0.5) is 11.4 Å². The maximum atomic E-state index is 12.4. The number of aryl methyl sites for hydroxylation is 1. The highest BCUT2D eigenvalue weighted by Crippen LogP contribution is 2.24. The van der Waals surface area contributed by atoms with Crippen LogP contribution in [0.3, 0.4) is 0 Å². The van der Waals surface area contributed by atoms with Crippen LogP contribution in [0.25, 0.3) is 5.69 Å². The Labute approximate surface area is 225 Å². The highest BCUT2D eigenvalue weighted by molar-refractivity contribution is 7.99. The van der Waals surface area contributed by atoms with Crippen molar-refractivity contribution in [3.8, 4) is 5.69 Å². The first kappa shape index (κ1) is 26.2. The number of amides is 1. The molecular weight excluding hydrogens is 506 g/mol. The number of halogens is 1. The Morgan fingerprint density at radius 3 is 2.54 bits per heavy atom. The summed E-state index contributed by atoms with van der Waals surface area (Å²) >= 11 is 7.38. The molecule has 0 bridgehead atoms. The molecule has 0 atom stereocenters. The standard InChI is InChI=1S/C27H28ClN7OS/c1-19-15-21(28)11-14-24(19)29-17-25-31-33-27(35(25)23-7-5-4-6-8-23)37-18-26(36)32-30-16-20-9-12-22(13-10-20)34(2)3/h4-16,29H,17-18H2,1-3H3,(H,32,36)/b30-16-. The Kier molecular flexibility index (Phi) is 8.81. The predicted octanol–water partition coefficient (Wildman–Crippen LogP) is 5.15. The molecule has 37 heavy (non-hydrogen) atoms. The van der Waals surface area contributed by atoms with Gasteiger partial charge in [0.1, 0.15) is 0 Å². The van der Waals surface area contributed by atoms with Crippen LogP contribution < -0.4 is 15.6 Å². The molecule has 4 rings (SSSR count). The topological polar surface area (TPSA) is 87.4 Å². The molecule has 0 aliphatic carbocycles. The lowest BCUT2D eigenvalue weighted by molar-refractivity contribution is -0.118. The van der Waals surface area contributed by atoms with Gasteiger partial charge >= 0.3 is 0 Å². The van der Waals surface area contributed by atoms with Crippen LogP contribution in [0.5, 0.6) is 0 Å². The summed E-state index contributed by atoms with van der Waals surface area (Å²) < 4.78 is 1.95. The van der Waals surface area contributed by atoms with E-state index in [1.54, 1.807) is 6.21 Å². The maximum absolute atomic E-state index is 12.4. The fourth-order valence-electron chi connectivity index (χ4n) is 3.54. The van der Waals surface area contributed by atoms with Gasteiger partial charge in [-0.1, -0.05) is 53.7 Å². The lowest BCUT2D eigenvalue weighted by Crippen LogP contribution is -2.20. The van der Waals surface area contributed by atoms with E-state index in [0.29, 0.717) is 16.7 Å². The molecule has 10 heteroatoms. The average Bonchev–Trinajstić information content (AvgIpc) is 3.30. The number of benzene rings is 3. The third-order valence-electron chi connectivity index (χ3n) is 5.48. The summed E-state index contributed by atoms with van der Waals surface area (Å²) in [5.74, 6) is 0.638. The number of carbonyl (C=O) groups excluding carboxylic acids is 1. The number of nitrogens with zero attached hydrogens (tertiary/aromatic N) is 5. The Bertz CT molecular complexity index is 1370. The summed E-state index contributed by atoms with van der Waals surface area (Å²) in [6, 6.07) is 23.4. The summed E-state index contributed by atoms with van der Waals surface area (Å²) in [5, 5.41) is 17.5. The van der Waals surface area contributed by atoms with Gasteiger partial charge in [-0.15, -0.1) is 10.2 Å². The van der Waals surface area contributed by atoms with Crippen molar-refractivity contribution in [2.75, 3.05) is 30.1 Å². The number of hydrogen-bond acceptors (Lipinski definition) is 7. The summed E-state index contributed by atoms with van der Waals surface area (Å²) in [6.07, 6.45) is 1.62. The number of carbonyl (C=O) groups is 1. The van der Waals surface area contributed by atoms with E-state index in [-0.39, 0.29) is 11.7 Å². The van der Waals surface area contributed by atoms with Gasteiger partial charge in [-0.2, -0.15) is 5.10 Å². The summed E-state index contributed by atoms with van der Waals surface area (Å²) in [4.78, 5) is 14.5. The molecule has 0 saturated carbocycles. The van der Waals surface area contributed by atoms with Crippen LogP contribution in [0.2, 0.25) is 5.02 Å². The Morgan fingerprint density at radius 2 is 1.84 bits per heavy atom. The Balaban J connectivity index is 1.41. The van der Waals surface area contributed by atoms with Crippen LogP contribution in [-0.4, -0.2) is 46.7 Å². The smallest absolute Gasteiger partial charge is 0.250 e. The molecule has 0 spiro atoms. The molecule has 1 amide bonds. The highest BCUT2D eigenvalue weighted by Gasteiger charge is 2.16. The fourth-order valence-corrected chi connectivity index (χ4v) is 4.53. The van der Waals surface area contributed by atoms with Crippen molar-refractivity contribution >= 4 is 46.9 Å². The molecule has 0 fully saturated rings. The monoisotopic (exact) mass is 533 g/mol. The number of thioether (sulfide) groups is 1. The van der Waals surface area contributed by atoms with Gasteiger partial charge in [0.05, 0.1) is 18.5 Å². The molecule has 190 valence electrons. The van der Waals surface area contributed by atoms with Gasteiger partial charge in [-0.25, -0.2) is 5.43 Å². The zero-order chi connectivity index (χ0) is 26.2. The molecule has 3 aromatic carbocycles. The number of anilines is 2. The number of nitrogens with one attached hydrogen (secondary N) is 2. The fraction of sp³-hybridized carbons (Fsp3) is 0.185. The van der Waals surface area contributed by atoms with Gasteiger partial charge in [0.15, 0.2) is 11.0 Å². The quantitative estimate of drug-likeness (QED) is 0.166. The molecule has 1 heterocycles. The second kappa shape index (κ2) is 12.4. The molecule has 0 aliphatic heterocycles. The zero-order valence-corrected chi connectivity index (χ0v) is 22.4. The number of rotatable bonds is 10. The third-order valence-corrected chi connectivity index (χ3v) is 6.65. The minimum absolute atomic E-state index is 0.144. The second-order valence-electron chi connectivity index (χ2n) is 8.45. The van der Waals surface area contributed by atoms with E-state index >= 15 is 0 Å². The lowest BCUT2D eigenvalue weighted by atomic mass is 10.2. The minimum Gasteiger partial charge on any atom is -0.378 e. The van der Waals surface area contributed by atoms with E-state index in [1.807, 2.05) is 103 Å². The minimum atomic E-state index is -0.231. The van der Waals surface area contributed by atoms with Gasteiger partial charge in [-0.05, 0) is 60.5 Å². The van der Waals surface area contributed by atoms with Crippen LogP contribution in [0.1, 0.15) is 17.0 Å². The molecular formula is C27H28ClN7OS. The summed E-state index contributed by atoms with van der Waals surface area (Å²) in [5.41, 5.74) is 7.50. The van der Waals surface area contributed by atoms with Crippen molar-refractivity contribution in [2.45, 2.75) is 18.6 Å². The van der Waals surface area contributed by atoms with Gasteiger partial charge < -0.3 is 10.2 Å². The van der Waals surface area contributed by atoms with Crippen molar-refractivity contribution in [2.24, 2.45) is 5.10 Å². The first-order chi connectivity index (χ1) is 17.9. The molecule has 0 saturated heterocycles. The summed E-state index contributed by atoms with van der Waals surface area (Å²) in [7, 11) is 3.97. The average molecular weight is 534 g/mol. The van der Waals surface area contributed by atoms with E-state index in [4.69, 9.17) is 11.6 Å². The SMILES string of the molecule is Cc1cc(Cl)ccc1NCc1nnc(SCC(=O)N/N=C\c2ccc(N(C)C)cc2)n1-c1ccccc1. The molecule has 0 unspecified atom stereocenters. The number of aromatic nitrogens is 3. The molecule has 1 aromatic heterocycles. The molecule has 0 radical (unpaired) electrons. The molecule has 8 nitrogen and oxygen atoms in total. The lowest BCUT2D eigenvalue weighted by Gasteiger charge is -2.12. The van der Waals surface area contributed by atoms with Gasteiger partial charge in [0.2, 0.25) is 0 Å². The second-order valence-corrected chi connectivity index (χ2v) is 9.83. The Hall–Kier alpha value is -3.82. The Morgan fingerprint density at radius 1 is 1.08 bits per heavy atom. The van der Waals surface area contributed by atoms with Gasteiger partial charge in [-0.3, -0.25) is 9.36 Å². The number of hydrogen-bond donors (Lipinski definition) is 2. The first-order valence-electron chi connectivity index (χ1n) is 11.6. The van der Waals surface area contributed by atoms with Crippen LogP contribution in [0, 0.1) is 6.92 Å². The third kappa shape index (κ3) is 7.12. The molecule has 4 aromatic rings. The largest absolute Gasteiger partial charge is 0.378 e. The van der Waals surface area contributed by atoms with Gasteiger partial charge in [0, 0.05) is 36.2 Å². The normalized spacial score (nSPS) is 11.0. The van der Waals surface area contributed by atoms with Crippen molar-refractivity contribution in [3.05, 3.63) is 94.8 Å². The van der Waals surface area contributed by atoms with E-state index in [9.17, 15) is 4.79 Å². The van der Waals surface area contributed by atoms with Crippen molar-refractivity contribution in [1.82, 2.24) is 20.2 Å². The van der Waals surface area contributed by atoms with Crippen LogP contribution >= 0.6 is 23.4 Å². The van der Waals surface area contributed by atoms with E-state index in [0.717, 1.165) is 34.0 Å². The molecule has 0 aliphatic rings. The maximum Gasteiger partial charge on any atom is 0.250 e.